The maximum absolute atomic E-state index is 12.9. The van der Waals surface area contributed by atoms with Crippen LogP contribution in [-0.4, -0.2) is 15.2 Å². The first-order valence-corrected chi connectivity index (χ1v) is 8.63. The highest BCUT2D eigenvalue weighted by Crippen LogP contribution is 2.38. The van der Waals surface area contributed by atoms with Crippen LogP contribution in [0.25, 0.3) is 16.8 Å². The summed E-state index contributed by atoms with van der Waals surface area (Å²) in [4.78, 5) is 19.3. The average Bonchev–Trinajstić information content (AvgIpc) is 2.89. The standard InChI is InChI=1S/C19H12N2OS2/c22-18-17(12-14-8-3-4-11-20-14)24-19(23)21(18)16-10-5-7-13-6-1-2-9-15(13)16/h1-12H/b17-12+. The van der Waals surface area contributed by atoms with Gasteiger partial charge in [-0.1, -0.05) is 66.4 Å². The summed E-state index contributed by atoms with van der Waals surface area (Å²) >= 11 is 6.77. The molecular weight excluding hydrogens is 336 g/mol. The molecule has 0 N–H and O–H groups in total. The Balaban J connectivity index is 1.78. The van der Waals surface area contributed by atoms with Gasteiger partial charge in [0.1, 0.15) is 0 Å². The van der Waals surface area contributed by atoms with Crippen LogP contribution in [0.1, 0.15) is 5.69 Å². The van der Waals surface area contributed by atoms with Crippen LogP contribution in [0.4, 0.5) is 5.69 Å². The molecule has 3 aromatic rings. The highest BCUT2D eigenvalue weighted by atomic mass is 32.2. The Morgan fingerprint density at radius 1 is 1.00 bits per heavy atom. The van der Waals surface area contributed by atoms with Crippen LogP contribution >= 0.6 is 24.0 Å². The molecule has 1 aliphatic heterocycles. The minimum absolute atomic E-state index is 0.105. The predicted molar refractivity (Wildman–Crippen MR) is 104 cm³/mol. The first kappa shape index (κ1) is 15.1. The number of hydrogen-bond donors (Lipinski definition) is 0. The van der Waals surface area contributed by atoms with Gasteiger partial charge in [-0.15, -0.1) is 0 Å². The third-order valence-corrected chi connectivity index (χ3v) is 5.07. The summed E-state index contributed by atoms with van der Waals surface area (Å²) in [7, 11) is 0. The van der Waals surface area contributed by atoms with Gasteiger partial charge in [-0.3, -0.25) is 14.7 Å². The van der Waals surface area contributed by atoms with Gasteiger partial charge in [-0.2, -0.15) is 0 Å². The monoisotopic (exact) mass is 348 g/mol. The lowest BCUT2D eigenvalue weighted by Gasteiger charge is -2.17. The van der Waals surface area contributed by atoms with Gasteiger partial charge in [-0.25, -0.2) is 0 Å². The quantitative estimate of drug-likeness (QED) is 0.499. The van der Waals surface area contributed by atoms with Crippen LogP contribution in [0, 0.1) is 0 Å². The SMILES string of the molecule is O=C1/C(=C\c2ccccn2)SC(=S)N1c1cccc2ccccc12. The van der Waals surface area contributed by atoms with Gasteiger partial charge in [0.25, 0.3) is 5.91 Å². The van der Waals surface area contributed by atoms with Crippen LogP contribution in [0.2, 0.25) is 0 Å². The lowest BCUT2D eigenvalue weighted by Crippen LogP contribution is -2.27. The number of pyridine rings is 1. The molecular formula is C19H12N2OS2. The number of nitrogens with zero attached hydrogens (tertiary/aromatic N) is 2. The second kappa shape index (κ2) is 6.19. The number of carbonyl (C=O) groups is 1. The van der Waals surface area contributed by atoms with Crippen LogP contribution in [0.15, 0.2) is 71.8 Å². The van der Waals surface area contributed by atoms with Crippen LogP contribution in [0.3, 0.4) is 0 Å². The van der Waals surface area contributed by atoms with Gasteiger partial charge in [0, 0.05) is 11.6 Å². The topological polar surface area (TPSA) is 33.2 Å². The molecule has 0 spiro atoms. The second-order valence-electron chi connectivity index (χ2n) is 5.27. The Hall–Kier alpha value is -2.50. The Bertz CT molecular complexity index is 978. The van der Waals surface area contributed by atoms with E-state index >= 15 is 0 Å². The van der Waals surface area contributed by atoms with Crippen molar-refractivity contribution in [2.45, 2.75) is 0 Å². The number of fused-ring (bicyclic) bond motifs is 1. The van der Waals surface area contributed by atoms with Crippen molar-refractivity contribution < 1.29 is 4.79 Å². The van der Waals surface area contributed by atoms with Crippen molar-refractivity contribution in [2.24, 2.45) is 0 Å². The summed E-state index contributed by atoms with van der Waals surface area (Å²) in [5.41, 5.74) is 1.57. The van der Waals surface area contributed by atoms with Crippen molar-refractivity contribution >= 4 is 56.7 Å². The fourth-order valence-electron chi connectivity index (χ4n) is 2.67. The zero-order valence-corrected chi connectivity index (χ0v) is 14.2. The van der Waals surface area contributed by atoms with Crippen molar-refractivity contribution in [3.05, 3.63) is 77.5 Å². The number of amides is 1. The van der Waals surface area contributed by atoms with E-state index in [9.17, 15) is 4.79 Å². The largest absolute Gasteiger partial charge is 0.270 e. The number of thioether (sulfide) groups is 1. The first-order chi connectivity index (χ1) is 11.7. The van der Waals surface area contributed by atoms with Gasteiger partial charge in [0.2, 0.25) is 0 Å². The molecule has 0 saturated carbocycles. The molecule has 0 bridgehead atoms. The molecule has 0 radical (unpaired) electrons. The second-order valence-corrected chi connectivity index (χ2v) is 6.95. The molecule has 4 rings (SSSR count). The molecule has 2 aromatic carbocycles. The van der Waals surface area contributed by atoms with Gasteiger partial charge in [0.05, 0.1) is 16.3 Å². The van der Waals surface area contributed by atoms with E-state index in [2.05, 4.69) is 4.98 Å². The van der Waals surface area contributed by atoms with E-state index < -0.39 is 0 Å². The summed E-state index contributed by atoms with van der Waals surface area (Å²) in [6, 6.07) is 19.5. The number of hydrogen-bond acceptors (Lipinski definition) is 4. The van der Waals surface area contributed by atoms with Gasteiger partial charge < -0.3 is 0 Å². The maximum Gasteiger partial charge on any atom is 0.270 e. The highest BCUT2D eigenvalue weighted by Gasteiger charge is 2.34. The van der Waals surface area contributed by atoms with Crippen LogP contribution in [-0.2, 0) is 4.79 Å². The number of carbonyl (C=O) groups excluding carboxylic acids is 1. The number of thiocarbonyl (C=S) groups is 1. The molecule has 3 nitrogen and oxygen atoms in total. The minimum Gasteiger partial charge on any atom is -0.268 e. The Kier molecular flexibility index (Phi) is 3.88. The van der Waals surface area contributed by atoms with E-state index in [1.165, 1.54) is 11.8 Å². The summed E-state index contributed by atoms with van der Waals surface area (Å²) < 4.78 is 0.540. The first-order valence-electron chi connectivity index (χ1n) is 7.41. The minimum atomic E-state index is -0.105. The van der Waals surface area contributed by atoms with E-state index in [1.807, 2.05) is 60.7 Å². The lowest BCUT2D eigenvalue weighted by atomic mass is 10.1. The van der Waals surface area contributed by atoms with E-state index in [1.54, 1.807) is 17.2 Å². The highest BCUT2D eigenvalue weighted by molar-refractivity contribution is 8.27. The molecule has 5 heteroatoms. The smallest absolute Gasteiger partial charge is 0.268 e. The Morgan fingerprint density at radius 2 is 1.79 bits per heavy atom. The van der Waals surface area contributed by atoms with Crippen LogP contribution in [0.5, 0.6) is 0 Å². The molecule has 24 heavy (non-hydrogen) atoms. The van der Waals surface area contributed by atoms with Gasteiger partial charge in [0.15, 0.2) is 4.32 Å². The fourth-order valence-corrected chi connectivity index (χ4v) is 3.94. The van der Waals surface area contributed by atoms with Crippen molar-refractivity contribution in [3.63, 3.8) is 0 Å². The molecule has 1 fully saturated rings. The van der Waals surface area contributed by atoms with E-state index in [-0.39, 0.29) is 5.91 Å². The zero-order valence-electron chi connectivity index (χ0n) is 12.5. The number of anilines is 1. The zero-order chi connectivity index (χ0) is 16.5. The summed E-state index contributed by atoms with van der Waals surface area (Å²) in [6.45, 7) is 0. The summed E-state index contributed by atoms with van der Waals surface area (Å²) in [5, 5.41) is 2.09. The van der Waals surface area contributed by atoms with E-state index in [0.717, 1.165) is 22.2 Å². The Morgan fingerprint density at radius 3 is 2.62 bits per heavy atom. The van der Waals surface area contributed by atoms with Gasteiger partial charge >= 0.3 is 0 Å². The summed E-state index contributed by atoms with van der Waals surface area (Å²) in [5.74, 6) is -0.105. The lowest BCUT2D eigenvalue weighted by molar-refractivity contribution is -0.113. The van der Waals surface area contributed by atoms with Crippen molar-refractivity contribution in [3.8, 4) is 0 Å². The normalized spacial score (nSPS) is 16.3. The van der Waals surface area contributed by atoms with Crippen LogP contribution < -0.4 is 4.90 Å². The molecule has 0 aliphatic carbocycles. The van der Waals surface area contributed by atoms with Crippen molar-refractivity contribution in [1.29, 1.82) is 0 Å². The van der Waals surface area contributed by atoms with E-state index in [0.29, 0.717) is 9.23 Å². The third kappa shape index (κ3) is 2.62. The molecule has 116 valence electrons. The Labute approximate surface area is 149 Å². The molecule has 1 saturated heterocycles. The number of rotatable bonds is 2. The fraction of sp³-hybridized carbons (Fsp3) is 0. The predicted octanol–water partition coefficient (Wildman–Crippen LogP) is 4.64. The molecule has 1 aromatic heterocycles. The number of benzene rings is 2. The van der Waals surface area contributed by atoms with Gasteiger partial charge in [-0.05, 0) is 29.7 Å². The maximum atomic E-state index is 12.9. The molecule has 0 atom stereocenters. The molecule has 1 aliphatic rings. The van der Waals surface area contributed by atoms with Crippen molar-refractivity contribution in [2.75, 3.05) is 4.90 Å². The van der Waals surface area contributed by atoms with E-state index in [4.69, 9.17) is 12.2 Å². The number of aromatic nitrogens is 1. The molecule has 0 unspecified atom stereocenters. The average molecular weight is 348 g/mol. The summed E-state index contributed by atoms with van der Waals surface area (Å²) in [6.07, 6.45) is 3.49. The van der Waals surface area contributed by atoms with Crippen molar-refractivity contribution in [1.82, 2.24) is 4.98 Å². The third-order valence-electron chi connectivity index (χ3n) is 3.77. The molecule has 2 heterocycles. The molecule has 1 amide bonds.